The summed E-state index contributed by atoms with van der Waals surface area (Å²) in [5, 5.41) is 18.7. The lowest BCUT2D eigenvalue weighted by molar-refractivity contribution is -0.389. The largest absolute Gasteiger partial charge is 0.481 e. The van der Waals surface area contributed by atoms with Gasteiger partial charge in [-0.3, -0.25) is 4.79 Å². The molecule has 0 aliphatic rings. The van der Waals surface area contributed by atoms with Gasteiger partial charge < -0.3 is 15.2 Å². The topological polar surface area (TPSA) is 93.3 Å². The highest BCUT2D eigenvalue weighted by molar-refractivity contribution is 5.71. The number of halogens is 3. The van der Waals surface area contributed by atoms with Crippen LogP contribution in [0, 0.1) is 10.1 Å². The summed E-state index contributed by atoms with van der Waals surface area (Å²) in [7, 11) is 0. The molecule has 1 aromatic heterocycles. The van der Waals surface area contributed by atoms with Gasteiger partial charge in [-0.15, -0.1) is 0 Å². The van der Waals surface area contributed by atoms with Crippen molar-refractivity contribution in [3.8, 4) is 0 Å². The van der Waals surface area contributed by atoms with Crippen molar-refractivity contribution in [1.29, 1.82) is 0 Å². The number of nitro groups is 1. The van der Waals surface area contributed by atoms with Gasteiger partial charge in [0.1, 0.15) is 5.56 Å². The molecule has 0 aliphatic heterocycles. The predicted octanol–water partition coefficient (Wildman–Crippen LogP) is 1.64. The van der Waals surface area contributed by atoms with Crippen LogP contribution in [0.3, 0.4) is 0 Å². The number of hydrogen-bond acceptors (Lipinski definition) is 4. The maximum Gasteiger partial charge on any atom is 0.420 e. The van der Waals surface area contributed by atoms with E-state index < -0.39 is 40.4 Å². The smallest absolute Gasteiger partial charge is 0.420 e. The molecule has 1 rings (SSSR count). The monoisotopic (exact) mass is 250 g/mol. The van der Waals surface area contributed by atoms with Gasteiger partial charge in [0.2, 0.25) is 0 Å². The van der Waals surface area contributed by atoms with Crippen molar-refractivity contribution >= 4 is 11.8 Å². The standard InChI is InChI=1S/C8H5F3N2O4/c9-8(10,11)5-3-12-6(13(16)17)1-4(5)2-7(14)15/h1,3H,2H2,(H,14,15). The maximum atomic E-state index is 12.4. The Balaban J connectivity index is 3.31. The Morgan fingerprint density at radius 3 is 2.53 bits per heavy atom. The molecular weight excluding hydrogens is 245 g/mol. The van der Waals surface area contributed by atoms with Crippen LogP contribution in [0.1, 0.15) is 11.1 Å². The molecule has 17 heavy (non-hydrogen) atoms. The van der Waals surface area contributed by atoms with Crippen molar-refractivity contribution in [2.24, 2.45) is 0 Å². The molecule has 0 bridgehead atoms. The van der Waals surface area contributed by atoms with E-state index in [0.29, 0.717) is 6.07 Å². The number of alkyl halides is 3. The van der Waals surface area contributed by atoms with E-state index in [1.54, 1.807) is 0 Å². The molecule has 1 aromatic rings. The fraction of sp³-hybridized carbons (Fsp3) is 0.250. The van der Waals surface area contributed by atoms with Crippen LogP contribution in [0.5, 0.6) is 0 Å². The molecule has 0 aromatic carbocycles. The molecule has 9 heteroatoms. The van der Waals surface area contributed by atoms with Crippen LogP contribution in [0.15, 0.2) is 12.3 Å². The third kappa shape index (κ3) is 3.13. The Labute approximate surface area is 91.9 Å². The predicted molar refractivity (Wildman–Crippen MR) is 47.2 cm³/mol. The first-order valence-corrected chi connectivity index (χ1v) is 4.14. The van der Waals surface area contributed by atoms with Crippen molar-refractivity contribution in [1.82, 2.24) is 4.98 Å². The molecule has 92 valence electrons. The first-order valence-electron chi connectivity index (χ1n) is 4.14. The minimum Gasteiger partial charge on any atom is -0.481 e. The highest BCUT2D eigenvalue weighted by Gasteiger charge is 2.36. The third-order valence-electron chi connectivity index (χ3n) is 1.81. The van der Waals surface area contributed by atoms with E-state index in [1.807, 2.05) is 0 Å². The Morgan fingerprint density at radius 1 is 1.53 bits per heavy atom. The van der Waals surface area contributed by atoms with Crippen LogP contribution < -0.4 is 0 Å². The zero-order valence-electron chi connectivity index (χ0n) is 8.06. The van der Waals surface area contributed by atoms with E-state index in [-0.39, 0.29) is 6.20 Å². The minimum absolute atomic E-state index is 0.260. The Hall–Kier alpha value is -2.19. The van der Waals surface area contributed by atoms with E-state index in [9.17, 15) is 28.1 Å². The lowest BCUT2D eigenvalue weighted by Crippen LogP contribution is -2.13. The van der Waals surface area contributed by atoms with E-state index in [1.165, 1.54) is 0 Å². The number of carboxylic acid groups (broad SMARTS) is 1. The summed E-state index contributed by atoms with van der Waals surface area (Å²) < 4.78 is 37.3. The zero-order chi connectivity index (χ0) is 13.2. The maximum absolute atomic E-state index is 12.4. The van der Waals surface area contributed by atoms with Gasteiger partial charge in [-0.2, -0.15) is 13.2 Å². The summed E-state index contributed by atoms with van der Waals surface area (Å²) in [5.41, 5.74) is -1.97. The van der Waals surface area contributed by atoms with Gasteiger partial charge in [-0.05, 0) is 15.5 Å². The minimum atomic E-state index is -4.80. The Morgan fingerprint density at radius 2 is 2.12 bits per heavy atom. The first kappa shape index (κ1) is 12.9. The zero-order valence-corrected chi connectivity index (χ0v) is 8.06. The second kappa shape index (κ2) is 4.36. The van der Waals surface area contributed by atoms with Crippen molar-refractivity contribution in [2.75, 3.05) is 0 Å². The lowest BCUT2D eigenvalue weighted by Gasteiger charge is -2.08. The lowest BCUT2D eigenvalue weighted by atomic mass is 10.1. The number of nitrogens with zero attached hydrogens (tertiary/aromatic N) is 2. The van der Waals surface area contributed by atoms with E-state index in [2.05, 4.69) is 4.98 Å². The number of aliphatic carboxylic acids is 1. The summed E-state index contributed by atoms with van der Waals surface area (Å²) in [4.78, 5) is 22.7. The highest BCUT2D eigenvalue weighted by atomic mass is 19.4. The van der Waals surface area contributed by atoms with Gasteiger partial charge >= 0.3 is 18.0 Å². The van der Waals surface area contributed by atoms with Gasteiger partial charge in [0, 0.05) is 6.07 Å². The van der Waals surface area contributed by atoms with Crippen molar-refractivity contribution in [2.45, 2.75) is 12.6 Å². The number of rotatable bonds is 3. The molecule has 0 aliphatic carbocycles. The molecule has 0 spiro atoms. The van der Waals surface area contributed by atoms with Crippen LogP contribution in [0.2, 0.25) is 0 Å². The second-order valence-corrected chi connectivity index (χ2v) is 3.03. The quantitative estimate of drug-likeness (QED) is 0.650. The third-order valence-corrected chi connectivity index (χ3v) is 1.81. The normalized spacial score (nSPS) is 11.2. The molecule has 1 heterocycles. The van der Waals surface area contributed by atoms with Crippen molar-refractivity contribution in [3.63, 3.8) is 0 Å². The molecule has 0 fully saturated rings. The van der Waals surface area contributed by atoms with Crippen molar-refractivity contribution < 1.29 is 28.0 Å². The van der Waals surface area contributed by atoms with Gasteiger partial charge in [-0.25, -0.2) is 0 Å². The van der Waals surface area contributed by atoms with Crippen LogP contribution in [0.25, 0.3) is 0 Å². The number of carboxylic acids is 1. The van der Waals surface area contributed by atoms with Crippen LogP contribution in [0.4, 0.5) is 19.0 Å². The van der Waals surface area contributed by atoms with Gasteiger partial charge in [-0.1, -0.05) is 0 Å². The second-order valence-electron chi connectivity index (χ2n) is 3.03. The fourth-order valence-corrected chi connectivity index (χ4v) is 1.15. The number of carbonyl (C=O) groups is 1. The van der Waals surface area contributed by atoms with Crippen molar-refractivity contribution in [3.05, 3.63) is 33.5 Å². The summed E-state index contributed by atoms with van der Waals surface area (Å²) in [6.07, 6.45) is -5.50. The van der Waals surface area contributed by atoms with Crippen LogP contribution in [-0.2, 0) is 17.4 Å². The van der Waals surface area contributed by atoms with Gasteiger partial charge in [0.05, 0.1) is 6.42 Å². The summed E-state index contributed by atoms with van der Waals surface area (Å²) in [6, 6.07) is 0.511. The van der Waals surface area contributed by atoms with Gasteiger partial charge in [0.15, 0.2) is 6.20 Å². The molecule has 0 atom stereocenters. The number of aromatic nitrogens is 1. The average Bonchev–Trinajstić information content (AvgIpc) is 2.14. The molecule has 1 N–H and O–H groups in total. The van der Waals surface area contributed by atoms with E-state index in [4.69, 9.17) is 5.11 Å². The summed E-state index contributed by atoms with van der Waals surface area (Å²) in [6.45, 7) is 0. The van der Waals surface area contributed by atoms with E-state index >= 15 is 0 Å². The Bertz CT molecular complexity index is 472. The van der Waals surface area contributed by atoms with E-state index in [0.717, 1.165) is 0 Å². The first-order chi connectivity index (χ1) is 7.71. The molecule has 0 radical (unpaired) electrons. The van der Waals surface area contributed by atoms with Crippen LogP contribution >= 0.6 is 0 Å². The number of hydrogen-bond donors (Lipinski definition) is 1. The number of pyridine rings is 1. The molecule has 0 amide bonds. The van der Waals surface area contributed by atoms with Gasteiger partial charge in [0.25, 0.3) is 0 Å². The molecule has 6 nitrogen and oxygen atoms in total. The summed E-state index contributed by atoms with van der Waals surface area (Å²) in [5.74, 6) is -2.34. The average molecular weight is 250 g/mol. The molecule has 0 saturated carbocycles. The summed E-state index contributed by atoms with van der Waals surface area (Å²) >= 11 is 0. The Kier molecular flexibility index (Phi) is 3.30. The fourth-order valence-electron chi connectivity index (χ4n) is 1.15. The SMILES string of the molecule is O=C(O)Cc1cc([N+](=O)[O-])ncc1C(F)(F)F. The van der Waals surface area contributed by atoms with Crippen LogP contribution in [-0.4, -0.2) is 21.0 Å². The molecular formula is C8H5F3N2O4. The highest BCUT2D eigenvalue weighted by Crippen LogP contribution is 2.32. The molecule has 0 unspecified atom stereocenters. The molecule has 0 saturated heterocycles.